The van der Waals surface area contributed by atoms with Gasteiger partial charge in [0.25, 0.3) is 0 Å². The molecule has 0 bridgehead atoms. The molecule has 3 rings (SSSR count). The first-order chi connectivity index (χ1) is 9.06. The van der Waals surface area contributed by atoms with E-state index in [1.54, 1.807) is 12.3 Å². The van der Waals surface area contributed by atoms with E-state index in [-0.39, 0.29) is 5.78 Å². The van der Waals surface area contributed by atoms with Crippen molar-refractivity contribution in [3.63, 3.8) is 0 Å². The molecule has 19 heavy (non-hydrogen) atoms. The Morgan fingerprint density at radius 3 is 2.74 bits per heavy atom. The molecule has 1 aromatic carbocycles. The van der Waals surface area contributed by atoms with Gasteiger partial charge in [0.2, 0.25) is 5.78 Å². The first kappa shape index (κ1) is 13.2. The summed E-state index contributed by atoms with van der Waals surface area (Å²) in [6, 6.07) is 5.49. The van der Waals surface area contributed by atoms with Crippen LogP contribution in [0.4, 0.5) is 0 Å². The lowest BCUT2D eigenvalue weighted by molar-refractivity contribution is 0.103. The van der Waals surface area contributed by atoms with E-state index in [9.17, 15) is 4.79 Å². The largest absolute Gasteiger partial charge is 0.287 e. The third-order valence-electron chi connectivity index (χ3n) is 3.20. The van der Waals surface area contributed by atoms with Gasteiger partial charge in [-0.25, -0.2) is 0 Å². The molecule has 0 unspecified atom stereocenters. The number of carbonyl (C=O) groups excluding carboxylic acids is 1. The summed E-state index contributed by atoms with van der Waals surface area (Å²) in [6.45, 7) is 0. The molecule has 0 N–H and O–H groups in total. The van der Waals surface area contributed by atoms with Crippen LogP contribution in [0.25, 0.3) is 0 Å². The number of aromatic nitrogens is 1. The Balaban J connectivity index is 2.23. The third kappa shape index (κ3) is 2.33. The van der Waals surface area contributed by atoms with Gasteiger partial charge in [-0.05, 0) is 58.1 Å². The van der Waals surface area contributed by atoms with E-state index >= 15 is 0 Å². The van der Waals surface area contributed by atoms with E-state index in [1.165, 1.54) is 0 Å². The van der Waals surface area contributed by atoms with E-state index < -0.39 is 0 Å². The molecule has 0 fully saturated rings. The lowest BCUT2D eigenvalue weighted by Gasteiger charge is -2.08. The molecule has 0 radical (unpaired) electrons. The summed E-state index contributed by atoms with van der Waals surface area (Å²) < 4.78 is 0.883. The quantitative estimate of drug-likeness (QED) is 0.721. The van der Waals surface area contributed by atoms with Crippen molar-refractivity contribution in [1.82, 2.24) is 4.98 Å². The number of nitrogens with zero attached hydrogens (tertiary/aromatic N) is 1. The number of aryl methyl sites for hydroxylation is 2. The van der Waals surface area contributed by atoms with Crippen LogP contribution < -0.4 is 0 Å². The predicted molar refractivity (Wildman–Crippen MR) is 81.5 cm³/mol. The van der Waals surface area contributed by atoms with Crippen LogP contribution in [0.2, 0.25) is 5.02 Å². The number of fused-ring (bicyclic) bond motifs is 2. The van der Waals surface area contributed by atoms with E-state index in [4.69, 9.17) is 11.6 Å². The maximum atomic E-state index is 12.6. The molecule has 1 aromatic heterocycles. The lowest BCUT2D eigenvalue weighted by atomic mass is 10.0. The summed E-state index contributed by atoms with van der Waals surface area (Å²) in [5, 5.41) is 0.608. The monoisotopic (exact) mass is 353 g/mol. The van der Waals surface area contributed by atoms with Gasteiger partial charge in [-0.2, -0.15) is 0 Å². The van der Waals surface area contributed by atoms with Gasteiger partial charge in [-0.3, -0.25) is 9.78 Å². The average Bonchev–Trinajstić information content (AvgIpc) is 2.47. The Morgan fingerprint density at radius 2 is 1.95 bits per heavy atom. The minimum Gasteiger partial charge on any atom is -0.287 e. The first-order valence-corrected chi connectivity index (χ1v) is 7.38. The second-order valence-electron chi connectivity index (χ2n) is 4.45. The molecule has 96 valence electrons. The number of hydrogen-bond acceptors (Lipinski definition) is 3. The van der Waals surface area contributed by atoms with Crippen LogP contribution in [0, 0.1) is 0 Å². The molecule has 2 aromatic rings. The fourth-order valence-corrected chi connectivity index (χ4v) is 3.45. The van der Waals surface area contributed by atoms with Gasteiger partial charge in [0.15, 0.2) is 0 Å². The molecule has 5 heteroatoms. The van der Waals surface area contributed by atoms with Gasteiger partial charge in [-0.15, -0.1) is 12.6 Å². The number of pyridine rings is 1. The predicted octanol–water partition coefficient (Wildman–Crippen LogP) is 4.12. The molecule has 0 saturated carbocycles. The third-order valence-corrected chi connectivity index (χ3v) is 4.21. The number of benzene rings is 1. The van der Waals surface area contributed by atoms with Crippen LogP contribution in [0.1, 0.15) is 27.2 Å². The lowest BCUT2D eigenvalue weighted by Crippen LogP contribution is -2.08. The van der Waals surface area contributed by atoms with Crippen LogP contribution in [-0.2, 0) is 12.8 Å². The van der Waals surface area contributed by atoms with Crippen molar-refractivity contribution in [1.29, 1.82) is 0 Å². The molecule has 0 spiro atoms. The summed E-state index contributed by atoms with van der Waals surface area (Å²) in [7, 11) is 0. The van der Waals surface area contributed by atoms with Crippen LogP contribution in [0.15, 0.2) is 33.8 Å². The number of hydrogen-bond donors (Lipinski definition) is 1. The molecule has 1 aliphatic rings. The maximum absolute atomic E-state index is 12.6. The van der Waals surface area contributed by atoms with Gasteiger partial charge in [-0.1, -0.05) is 11.6 Å². The van der Waals surface area contributed by atoms with Crippen LogP contribution in [0.5, 0.6) is 0 Å². The summed E-state index contributed by atoms with van der Waals surface area (Å²) in [4.78, 5) is 17.5. The Morgan fingerprint density at radius 1 is 1.21 bits per heavy atom. The highest BCUT2D eigenvalue weighted by molar-refractivity contribution is 9.10. The standard InChI is InChI=1S/C14H9BrClNOS/c15-9-3-8-2-1-7-4-10(16)5-11(19)12(7)14(18)13(8)17-6-9/h3-6,19H,1-2H2. The SMILES string of the molecule is O=C1c2ncc(Br)cc2CCc2cc(Cl)cc(S)c21. The normalized spacial score (nSPS) is 13.7. The van der Waals surface area contributed by atoms with Crippen LogP contribution in [0.3, 0.4) is 0 Å². The highest BCUT2D eigenvalue weighted by atomic mass is 79.9. The summed E-state index contributed by atoms with van der Waals surface area (Å²) in [5.74, 6) is -0.0725. The Labute approximate surface area is 129 Å². The Kier molecular flexibility index (Phi) is 3.41. The molecule has 0 saturated heterocycles. The molecular formula is C14H9BrClNOS. The molecule has 0 aliphatic heterocycles. The summed E-state index contributed by atoms with van der Waals surface area (Å²) in [6.07, 6.45) is 3.18. The Hall–Kier alpha value is -0.840. The van der Waals surface area contributed by atoms with Crippen LogP contribution >= 0.6 is 40.2 Å². The minimum atomic E-state index is -0.0725. The number of halogens is 2. The molecule has 0 atom stereocenters. The second kappa shape index (κ2) is 4.93. The number of rotatable bonds is 0. The molecule has 1 aliphatic carbocycles. The number of thiol groups is 1. The fourth-order valence-electron chi connectivity index (χ4n) is 2.37. The second-order valence-corrected chi connectivity index (χ2v) is 6.28. The zero-order valence-corrected chi connectivity index (χ0v) is 13.0. The number of carbonyl (C=O) groups is 1. The van der Waals surface area contributed by atoms with Gasteiger partial charge in [0.1, 0.15) is 5.69 Å². The van der Waals surface area contributed by atoms with Crippen molar-refractivity contribution in [2.75, 3.05) is 0 Å². The summed E-state index contributed by atoms with van der Waals surface area (Å²) >= 11 is 13.8. The molecule has 2 nitrogen and oxygen atoms in total. The average molecular weight is 355 g/mol. The first-order valence-electron chi connectivity index (χ1n) is 5.77. The highest BCUT2D eigenvalue weighted by Crippen LogP contribution is 2.31. The topological polar surface area (TPSA) is 30.0 Å². The van der Waals surface area contributed by atoms with E-state index in [1.807, 2.05) is 12.1 Å². The van der Waals surface area contributed by atoms with Gasteiger partial charge < -0.3 is 0 Å². The smallest absolute Gasteiger partial charge is 0.213 e. The van der Waals surface area contributed by atoms with Crippen molar-refractivity contribution in [3.05, 3.63) is 56.3 Å². The van der Waals surface area contributed by atoms with Gasteiger partial charge >= 0.3 is 0 Å². The molecule has 1 heterocycles. The van der Waals surface area contributed by atoms with E-state index in [2.05, 4.69) is 33.5 Å². The van der Waals surface area contributed by atoms with Crippen molar-refractivity contribution in [2.45, 2.75) is 17.7 Å². The fraction of sp³-hybridized carbons (Fsp3) is 0.143. The maximum Gasteiger partial charge on any atom is 0.213 e. The number of ketones is 1. The van der Waals surface area contributed by atoms with Crippen molar-refractivity contribution >= 4 is 45.9 Å². The van der Waals surface area contributed by atoms with Crippen molar-refractivity contribution in [3.8, 4) is 0 Å². The van der Waals surface area contributed by atoms with Crippen LogP contribution in [-0.4, -0.2) is 10.8 Å². The zero-order valence-electron chi connectivity index (χ0n) is 9.78. The van der Waals surface area contributed by atoms with Gasteiger partial charge in [0.05, 0.1) is 0 Å². The molecule has 0 amide bonds. The minimum absolute atomic E-state index is 0.0725. The highest BCUT2D eigenvalue weighted by Gasteiger charge is 2.24. The van der Waals surface area contributed by atoms with Crippen molar-refractivity contribution < 1.29 is 4.79 Å². The zero-order chi connectivity index (χ0) is 13.6. The van der Waals surface area contributed by atoms with Crippen molar-refractivity contribution in [2.24, 2.45) is 0 Å². The summed E-state index contributed by atoms with van der Waals surface area (Å²) in [5.41, 5.74) is 3.04. The van der Waals surface area contributed by atoms with Gasteiger partial charge in [0, 0.05) is 26.2 Å². The Bertz CT molecular complexity index is 702. The van der Waals surface area contributed by atoms with E-state index in [0.29, 0.717) is 21.2 Å². The molecular weight excluding hydrogens is 346 g/mol. The van der Waals surface area contributed by atoms with E-state index in [0.717, 1.165) is 28.4 Å².